The normalized spacial score (nSPS) is 13.5. The van der Waals surface area contributed by atoms with Crippen molar-refractivity contribution in [1.29, 1.82) is 0 Å². The largest absolute Gasteiger partial charge is 0.490 e. The van der Waals surface area contributed by atoms with Crippen LogP contribution in [0.15, 0.2) is 0 Å². The van der Waals surface area contributed by atoms with Crippen LogP contribution in [0.2, 0.25) is 0 Å². The van der Waals surface area contributed by atoms with Crippen LogP contribution in [-0.4, -0.2) is 24.5 Å². The van der Waals surface area contributed by atoms with Crippen molar-refractivity contribution in [3.05, 3.63) is 0 Å². The maximum absolute atomic E-state index is 10.4. The van der Waals surface area contributed by atoms with Crippen LogP contribution in [0.25, 0.3) is 0 Å². The third-order valence-corrected chi connectivity index (χ3v) is 3.77. The number of hydrogen-bond donors (Lipinski definition) is 5. The fraction of sp³-hybridized carbons (Fsp3) is 0. The first-order chi connectivity index (χ1) is 5.41. The average Bonchev–Trinajstić information content (AvgIpc) is 1.43. The Morgan fingerprint density at radius 1 is 0.714 bits per heavy atom. The summed E-state index contributed by atoms with van der Waals surface area (Å²) in [6.45, 7) is 0. The maximum atomic E-state index is 10.4. The molecule has 0 fully saturated rings. The van der Waals surface area contributed by atoms with Gasteiger partial charge < -0.3 is 24.5 Å². The molecule has 0 rings (SSSR count). The first-order valence-electron chi connectivity index (χ1n) is 2.28. The summed E-state index contributed by atoms with van der Waals surface area (Å²) in [5.74, 6) is 0. The fourth-order valence-corrected chi connectivity index (χ4v) is 2.82. The Kier molecular flexibility index (Phi) is 6.71. The molecule has 0 atom stereocenters. The van der Waals surface area contributed by atoms with Gasteiger partial charge in [-0.3, -0.25) is 0 Å². The van der Waals surface area contributed by atoms with Crippen molar-refractivity contribution in [2.75, 3.05) is 0 Å². The van der Waals surface area contributed by atoms with Crippen LogP contribution >= 0.6 is 23.5 Å². The molecule has 14 heavy (non-hydrogen) atoms. The van der Waals surface area contributed by atoms with Crippen molar-refractivity contribution < 1.29 is 66.3 Å². The molecule has 0 bridgehead atoms. The van der Waals surface area contributed by atoms with Gasteiger partial charge in [-0.15, -0.1) is 0 Å². The molecule has 0 saturated heterocycles. The maximum Gasteiger partial charge on any atom is 0.490 e. The quantitative estimate of drug-likeness (QED) is 0.329. The molecule has 0 aromatic carbocycles. The predicted molar refractivity (Wildman–Crippen MR) is 36.1 cm³/mol. The summed E-state index contributed by atoms with van der Waals surface area (Å²) in [5.41, 5.74) is 0. The minimum Gasteiger partial charge on any atom is -0.302 e. The topological polar surface area (TPSA) is 171 Å². The van der Waals surface area contributed by atoms with Gasteiger partial charge in [0.25, 0.3) is 0 Å². The van der Waals surface area contributed by atoms with Crippen molar-refractivity contribution in [3.8, 4) is 0 Å². The Morgan fingerprint density at radius 2 is 0.929 bits per heavy atom. The Morgan fingerprint density at radius 3 is 1.07 bits per heavy atom. The van der Waals surface area contributed by atoms with Crippen LogP contribution < -0.4 is 0 Å². The van der Waals surface area contributed by atoms with Gasteiger partial charge in [-0.25, -0.2) is 13.7 Å². The van der Waals surface area contributed by atoms with Crippen LogP contribution in [0.5, 0.6) is 0 Å². The van der Waals surface area contributed by atoms with Gasteiger partial charge in [0.1, 0.15) is 0 Å². The molecule has 0 aliphatic carbocycles. The summed E-state index contributed by atoms with van der Waals surface area (Å²) in [4.78, 5) is 40.2. The van der Waals surface area contributed by atoms with Crippen LogP contribution in [0.4, 0.5) is 0 Å². The van der Waals surface area contributed by atoms with E-state index >= 15 is 0 Å². The van der Waals surface area contributed by atoms with E-state index in [1.165, 1.54) is 0 Å². The van der Waals surface area contributed by atoms with Gasteiger partial charge in [-0.05, 0) is 0 Å². The van der Waals surface area contributed by atoms with E-state index in [1.54, 1.807) is 0 Å². The van der Waals surface area contributed by atoms with E-state index < -0.39 is 23.5 Å². The van der Waals surface area contributed by atoms with Crippen molar-refractivity contribution in [3.63, 3.8) is 0 Å². The molecule has 0 aliphatic rings. The van der Waals surface area contributed by atoms with Crippen LogP contribution in [0, 0.1) is 0 Å². The van der Waals surface area contributed by atoms with E-state index in [2.05, 4.69) is 8.62 Å². The molecule has 5 N–H and O–H groups in total. The summed E-state index contributed by atoms with van der Waals surface area (Å²) in [6.07, 6.45) is 0. The molecule has 82 valence electrons. The molecule has 0 heterocycles. The summed E-state index contributed by atoms with van der Waals surface area (Å²) in [6, 6.07) is 0. The second-order valence-electron chi connectivity index (χ2n) is 1.61. The Balaban J connectivity index is 0. The predicted octanol–water partition coefficient (Wildman–Crippen LogP) is -0.697. The molecule has 0 spiro atoms. The summed E-state index contributed by atoms with van der Waals surface area (Å²) < 4.78 is 36.4. The van der Waals surface area contributed by atoms with Crippen molar-refractivity contribution >= 4 is 23.5 Å². The van der Waals surface area contributed by atoms with Crippen LogP contribution in [0.3, 0.4) is 0 Å². The van der Waals surface area contributed by atoms with E-state index in [-0.39, 0.29) is 19.5 Å². The fourth-order valence-electron chi connectivity index (χ4n) is 0.284. The first-order valence-corrected chi connectivity index (χ1v) is 6.83. The third-order valence-electron chi connectivity index (χ3n) is 0.419. The monoisotopic (exact) mass is 322 g/mol. The van der Waals surface area contributed by atoms with Crippen molar-refractivity contribution in [2.45, 2.75) is 0 Å². The van der Waals surface area contributed by atoms with Crippen LogP contribution in [0.1, 0.15) is 0 Å². The minimum absolute atomic E-state index is 0. The van der Waals surface area contributed by atoms with Crippen molar-refractivity contribution in [2.24, 2.45) is 0 Å². The molecule has 0 amide bonds. The zero-order valence-corrected chi connectivity index (χ0v) is 12.0. The van der Waals surface area contributed by atoms with Gasteiger partial charge in [-0.1, -0.05) is 0 Å². The van der Waals surface area contributed by atoms with E-state index in [4.69, 9.17) is 24.5 Å². The van der Waals surface area contributed by atoms with Gasteiger partial charge >= 0.3 is 23.5 Å². The standard InChI is InChI=1S/H5O10P3.Zn/c1-11(2,3)9-13(7,8)10-12(4,5)6;/h(H,7,8)(H2,1,2,3)(H2,4,5,6);. The molecule has 14 heteroatoms. The van der Waals surface area contributed by atoms with Gasteiger partial charge in [0.2, 0.25) is 0 Å². The average molecular weight is 323 g/mol. The molecule has 0 aliphatic heterocycles. The van der Waals surface area contributed by atoms with Gasteiger partial charge in [0.15, 0.2) is 0 Å². The molecular weight excluding hydrogens is 318 g/mol. The Bertz CT molecular complexity index is 277. The zero-order valence-electron chi connectivity index (χ0n) is 6.33. The zero-order chi connectivity index (χ0) is 10.9. The summed E-state index contributed by atoms with van der Waals surface area (Å²) >= 11 is 0. The van der Waals surface area contributed by atoms with E-state index in [0.29, 0.717) is 0 Å². The second kappa shape index (κ2) is 5.39. The van der Waals surface area contributed by atoms with Gasteiger partial charge in [0.05, 0.1) is 0 Å². The van der Waals surface area contributed by atoms with E-state index in [0.717, 1.165) is 0 Å². The first kappa shape index (κ1) is 17.4. The molecule has 0 unspecified atom stereocenters. The molecule has 10 nitrogen and oxygen atoms in total. The Labute approximate surface area is 90.1 Å². The number of rotatable bonds is 4. The summed E-state index contributed by atoms with van der Waals surface area (Å²) in [7, 11) is -16.2. The van der Waals surface area contributed by atoms with Crippen molar-refractivity contribution in [1.82, 2.24) is 0 Å². The van der Waals surface area contributed by atoms with E-state index in [9.17, 15) is 13.7 Å². The molecular formula is H5O10P3Zn. The van der Waals surface area contributed by atoms with Gasteiger partial charge in [-0.2, -0.15) is 8.62 Å². The minimum atomic E-state index is -5.46. The number of hydrogen-bond acceptors (Lipinski definition) is 5. The number of phosphoric acid groups is 3. The van der Waals surface area contributed by atoms with E-state index in [1.807, 2.05) is 0 Å². The van der Waals surface area contributed by atoms with Crippen LogP contribution in [-0.2, 0) is 41.8 Å². The molecule has 0 aromatic heterocycles. The molecule has 0 radical (unpaired) electrons. The molecule has 0 saturated carbocycles. The van der Waals surface area contributed by atoms with Gasteiger partial charge in [0, 0.05) is 19.5 Å². The second-order valence-corrected chi connectivity index (χ2v) is 5.82. The summed E-state index contributed by atoms with van der Waals surface area (Å²) in [5, 5.41) is 0. The molecule has 0 aromatic rings. The third kappa shape index (κ3) is 11.1. The smallest absolute Gasteiger partial charge is 0.302 e. The Hall–Kier alpha value is 1.03. The SMILES string of the molecule is O=P(O)(O)OP(=O)(O)OP(=O)(O)O.[Zn].